The Morgan fingerprint density at radius 1 is 1.21 bits per heavy atom. The molecule has 0 spiro atoms. The van der Waals surface area contributed by atoms with Gasteiger partial charge in [0.05, 0.1) is 21.3 Å². The maximum Gasteiger partial charge on any atom is 0.322 e. The fourth-order valence-corrected chi connectivity index (χ4v) is 1.87. The highest BCUT2D eigenvalue weighted by Gasteiger charge is 2.15. The summed E-state index contributed by atoms with van der Waals surface area (Å²) in [5, 5.41) is 0. The van der Waals surface area contributed by atoms with Gasteiger partial charge >= 0.3 is 5.97 Å². The molecule has 5 heteroatoms. The Hall–Kier alpha value is -1.75. The number of hydrogen-bond donors (Lipinski definition) is 1. The van der Waals surface area contributed by atoms with Gasteiger partial charge in [-0.25, -0.2) is 0 Å². The summed E-state index contributed by atoms with van der Waals surface area (Å²) in [6.45, 7) is 1.99. The van der Waals surface area contributed by atoms with Gasteiger partial charge < -0.3 is 19.9 Å². The van der Waals surface area contributed by atoms with Crippen LogP contribution in [0.15, 0.2) is 12.1 Å². The molecule has 0 aliphatic rings. The van der Waals surface area contributed by atoms with Crippen molar-refractivity contribution in [2.45, 2.75) is 25.8 Å². The lowest BCUT2D eigenvalue weighted by molar-refractivity contribution is -0.142. The van der Waals surface area contributed by atoms with E-state index >= 15 is 0 Å². The van der Waals surface area contributed by atoms with E-state index < -0.39 is 12.0 Å². The van der Waals surface area contributed by atoms with E-state index in [1.165, 1.54) is 7.11 Å². The van der Waals surface area contributed by atoms with Crippen molar-refractivity contribution in [2.75, 3.05) is 21.3 Å². The van der Waals surface area contributed by atoms with Crippen molar-refractivity contribution in [1.82, 2.24) is 0 Å². The molecule has 0 heterocycles. The average Bonchev–Trinajstić information content (AvgIpc) is 2.44. The van der Waals surface area contributed by atoms with Crippen LogP contribution in [0.4, 0.5) is 0 Å². The summed E-state index contributed by atoms with van der Waals surface area (Å²) < 4.78 is 15.1. The zero-order valence-corrected chi connectivity index (χ0v) is 11.9. The van der Waals surface area contributed by atoms with E-state index in [0.29, 0.717) is 24.3 Å². The van der Waals surface area contributed by atoms with Crippen LogP contribution in [-0.4, -0.2) is 33.3 Å². The van der Waals surface area contributed by atoms with Gasteiger partial charge in [0.2, 0.25) is 0 Å². The number of hydrogen-bond acceptors (Lipinski definition) is 5. The zero-order valence-electron chi connectivity index (χ0n) is 11.9. The lowest BCUT2D eigenvalue weighted by Crippen LogP contribution is -2.32. The van der Waals surface area contributed by atoms with E-state index in [2.05, 4.69) is 4.74 Å². The Morgan fingerprint density at radius 2 is 1.79 bits per heavy atom. The van der Waals surface area contributed by atoms with Crippen LogP contribution in [0.2, 0.25) is 0 Å². The van der Waals surface area contributed by atoms with Crippen molar-refractivity contribution in [3.05, 3.63) is 23.3 Å². The number of methoxy groups -OCH3 is 3. The molecule has 0 saturated heterocycles. The summed E-state index contributed by atoms with van der Waals surface area (Å²) in [5.74, 6) is 0.980. The molecule has 106 valence electrons. The van der Waals surface area contributed by atoms with E-state index in [9.17, 15) is 4.79 Å². The van der Waals surface area contributed by atoms with Crippen LogP contribution in [0.1, 0.15) is 17.5 Å². The molecule has 19 heavy (non-hydrogen) atoms. The normalized spacial score (nSPS) is 11.8. The maximum atomic E-state index is 11.2. The molecule has 1 aromatic carbocycles. The monoisotopic (exact) mass is 267 g/mol. The van der Waals surface area contributed by atoms with Crippen molar-refractivity contribution in [3.63, 3.8) is 0 Å². The van der Waals surface area contributed by atoms with Gasteiger partial charge in [0.25, 0.3) is 0 Å². The molecule has 5 nitrogen and oxygen atoms in total. The average molecular weight is 267 g/mol. The van der Waals surface area contributed by atoms with E-state index in [1.54, 1.807) is 14.2 Å². The second-order valence-electron chi connectivity index (χ2n) is 4.30. The Kier molecular flexibility index (Phi) is 5.63. The number of aryl methyl sites for hydroxylation is 2. The molecule has 0 aromatic heterocycles. The molecule has 1 atom stereocenters. The van der Waals surface area contributed by atoms with Crippen molar-refractivity contribution in [2.24, 2.45) is 5.73 Å². The van der Waals surface area contributed by atoms with Gasteiger partial charge in [0.15, 0.2) is 11.5 Å². The lowest BCUT2D eigenvalue weighted by atomic mass is 10.0. The minimum atomic E-state index is -0.600. The molecule has 0 amide bonds. The van der Waals surface area contributed by atoms with Gasteiger partial charge in [-0.05, 0) is 43.0 Å². The summed E-state index contributed by atoms with van der Waals surface area (Å²) in [5.41, 5.74) is 7.88. The summed E-state index contributed by atoms with van der Waals surface area (Å²) in [6.07, 6.45) is 1.21. The van der Waals surface area contributed by atoms with Crippen molar-refractivity contribution < 1.29 is 19.0 Å². The van der Waals surface area contributed by atoms with Crippen LogP contribution in [-0.2, 0) is 16.0 Å². The molecule has 0 saturated carbocycles. The number of benzene rings is 1. The number of nitrogens with two attached hydrogens (primary N) is 1. The van der Waals surface area contributed by atoms with Crippen molar-refractivity contribution in [1.29, 1.82) is 0 Å². The summed E-state index contributed by atoms with van der Waals surface area (Å²) >= 11 is 0. The Morgan fingerprint density at radius 3 is 2.32 bits per heavy atom. The van der Waals surface area contributed by atoms with Gasteiger partial charge in [0.1, 0.15) is 6.04 Å². The van der Waals surface area contributed by atoms with E-state index in [0.717, 1.165) is 11.1 Å². The van der Waals surface area contributed by atoms with Crippen LogP contribution < -0.4 is 15.2 Å². The van der Waals surface area contributed by atoms with E-state index in [1.807, 2.05) is 19.1 Å². The summed E-state index contributed by atoms with van der Waals surface area (Å²) in [4.78, 5) is 11.2. The molecule has 2 N–H and O–H groups in total. The summed E-state index contributed by atoms with van der Waals surface area (Å²) in [6, 6.07) is 3.23. The standard InChI is InChI=1S/C14H21NO4/c1-9-7-12(17-2)13(18-3)8-10(9)5-6-11(15)14(16)19-4/h7-8,11H,5-6,15H2,1-4H3. The van der Waals surface area contributed by atoms with Crippen LogP contribution in [0, 0.1) is 6.92 Å². The highest BCUT2D eigenvalue weighted by molar-refractivity contribution is 5.75. The van der Waals surface area contributed by atoms with Crippen molar-refractivity contribution >= 4 is 5.97 Å². The molecular weight excluding hydrogens is 246 g/mol. The van der Waals surface area contributed by atoms with Crippen LogP contribution in [0.5, 0.6) is 11.5 Å². The lowest BCUT2D eigenvalue weighted by Gasteiger charge is -2.14. The summed E-state index contributed by atoms with van der Waals surface area (Å²) in [7, 11) is 4.53. The smallest absolute Gasteiger partial charge is 0.322 e. The van der Waals surface area contributed by atoms with Crippen LogP contribution in [0.3, 0.4) is 0 Å². The first-order valence-corrected chi connectivity index (χ1v) is 6.08. The van der Waals surface area contributed by atoms with Gasteiger partial charge in [-0.15, -0.1) is 0 Å². The number of rotatable bonds is 6. The molecule has 0 aliphatic heterocycles. The fraction of sp³-hybridized carbons (Fsp3) is 0.500. The third kappa shape index (κ3) is 3.86. The SMILES string of the molecule is COC(=O)C(N)CCc1cc(OC)c(OC)cc1C. The van der Waals surface area contributed by atoms with Crippen LogP contribution in [0.25, 0.3) is 0 Å². The molecular formula is C14H21NO4. The quantitative estimate of drug-likeness (QED) is 0.790. The maximum absolute atomic E-state index is 11.2. The first-order valence-electron chi connectivity index (χ1n) is 6.08. The largest absolute Gasteiger partial charge is 0.493 e. The molecule has 1 aromatic rings. The van der Waals surface area contributed by atoms with Gasteiger partial charge in [0, 0.05) is 0 Å². The third-order valence-corrected chi connectivity index (χ3v) is 3.07. The minimum Gasteiger partial charge on any atom is -0.493 e. The Balaban J connectivity index is 2.81. The molecule has 0 fully saturated rings. The minimum absolute atomic E-state index is 0.391. The van der Waals surface area contributed by atoms with Gasteiger partial charge in [-0.1, -0.05) is 0 Å². The molecule has 0 aliphatic carbocycles. The molecule has 1 rings (SSSR count). The second kappa shape index (κ2) is 6.99. The first kappa shape index (κ1) is 15.3. The van der Waals surface area contributed by atoms with E-state index in [-0.39, 0.29) is 0 Å². The number of carbonyl (C=O) groups excluding carboxylic acids is 1. The fourth-order valence-electron chi connectivity index (χ4n) is 1.87. The van der Waals surface area contributed by atoms with Gasteiger partial charge in [-0.2, -0.15) is 0 Å². The Labute approximate surface area is 113 Å². The van der Waals surface area contributed by atoms with Gasteiger partial charge in [-0.3, -0.25) is 4.79 Å². The number of esters is 1. The predicted octanol–water partition coefficient (Wildman–Crippen LogP) is 1.45. The Bertz CT molecular complexity index is 445. The zero-order chi connectivity index (χ0) is 14.4. The second-order valence-corrected chi connectivity index (χ2v) is 4.30. The predicted molar refractivity (Wildman–Crippen MR) is 72.6 cm³/mol. The number of ether oxygens (including phenoxy) is 3. The third-order valence-electron chi connectivity index (χ3n) is 3.07. The van der Waals surface area contributed by atoms with E-state index in [4.69, 9.17) is 15.2 Å². The topological polar surface area (TPSA) is 70.8 Å². The molecule has 1 unspecified atom stereocenters. The van der Waals surface area contributed by atoms with Crippen molar-refractivity contribution in [3.8, 4) is 11.5 Å². The highest BCUT2D eigenvalue weighted by atomic mass is 16.5. The molecule has 0 bridgehead atoms. The molecule has 0 radical (unpaired) electrons. The first-order chi connectivity index (χ1) is 9.03. The highest BCUT2D eigenvalue weighted by Crippen LogP contribution is 2.30. The van der Waals surface area contributed by atoms with Crippen LogP contribution >= 0.6 is 0 Å². The number of carbonyl (C=O) groups is 1.